The molecule has 0 unspecified atom stereocenters. The van der Waals surface area contributed by atoms with Crippen LogP contribution in [-0.2, 0) is 19.6 Å². The van der Waals surface area contributed by atoms with Crippen LogP contribution in [0.5, 0.6) is 0 Å². The van der Waals surface area contributed by atoms with Crippen molar-refractivity contribution >= 4 is 0 Å². The molecule has 5 heterocycles. The van der Waals surface area contributed by atoms with Gasteiger partial charge in [0, 0.05) is 44.6 Å². The molecule has 0 amide bonds. The van der Waals surface area contributed by atoms with Crippen molar-refractivity contribution in [3.63, 3.8) is 0 Å². The first-order valence-corrected chi connectivity index (χ1v) is 9.42. The number of imidazole rings is 1. The summed E-state index contributed by atoms with van der Waals surface area (Å²) in [5.41, 5.74) is 2.24. The molecule has 0 spiro atoms. The molecule has 2 aliphatic rings. The maximum absolute atomic E-state index is 5.48. The summed E-state index contributed by atoms with van der Waals surface area (Å²) in [6, 6.07) is 6.67. The van der Waals surface area contributed by atoms with Crippen molar-refractivity contribution in [2.24, 2.45) is 0 Å². The van der Waals surface area contributed by atoms with Gasteiger partial charge in [0.15, 0.2) is 5.82 Å². The number of aromatic nitrogens is 4. The van der Waals surface area contributed by atoms with Gasteiger partial charge in [-0.15, -0.1) is 0 Å². The lowest BCUT2D eigenvalue weighted by Gasteiger charge is -2.32. The van der Waals surface area contributed by atoms with Crippen LogP contribution < -0.4 is 5.32 Å². The van der Waals surface area contributed by atoms with E-state index in [1.165, 1.54) is 5.69 Å². The number of hydrogen-bond donors (Lipinski definition) is 1. The second-order valence-corrected chi connectivity index (χ2v) is 7.17. The van der Waals surface area contributed by atoms with E-state index in [2.05, 4.69) is 42.8 Å². The second kappa shape index (κ2) is 6.74. The van der Waals surface area contributed by atoms with Crippen molar-refractivity contribution < 1.29 is 4.42 Å². The first-order valence-electron chi connectivity index (χ1n) is 9.42. The first kappa shape index (κ1) is 15.8. The predicted molar refractivity (Wildman–Crippen MR) is 97.4 cm³/mol. The van der Waals surface area contributed by atoms with Crippen LogP contribution in [0.25, 0.3) is 11.5 Å². The fraction of sp³-hybridized carbons (Fsp3) is 0.474. The van der Waals surface area contributed by atoms with E-state index in [0.717, 1.165) is 69.4 Å². The zero-order valence-corrected chi connectivity index (χ0v) is 14.8. The molecule has 2 aliphatic heterocycles. The maximum atomic E-state index is 5.48. The molecule has 5 rings (SSSR count). The fourth-order valence-electron chi connectivity index (χ4n) is 4.09. The van der Waals surface area contributed by atoms with Crippen molar-refractivity contribution in [1.29, 1.82) is 0 Å². The molecule has 0 aromatic carbocycles. The highest BCUT2D eigenvalue weighted by molar-refractivity contribution is 5.50. The van der Waals surface area contributed by atoms with Crippen molar-refractivity contribution in [2.45, 2.75) is 38.5 Å². The van der Waals surface area contributed by atoms with Crippen LogP contribution in [0.4, 0.5) is 0 Å². The van der Waals surface area contributed by atoms with Crippen LogP contribution in [-0.4, -0.2) is 43.9 Å². The number of hydrogen-bond acceptors (Lipinski definition) is 5. The highest BCUT2D eigenvalue weighted by atomic mass is 16.3. The summed E-state index contributed by atoms with van der Waals surface area (Å²) < 4.78 is 9.91. The highest BCUT2D eigenvalue weighted by Gasteiger charge is 2.24. The lowest BCUT2D eigenvalue weighted by atomic mass is 10.0. The van der Waals surface area contributed by atoms with Crippen molar-refractivity contribution in [1.82, 2.24) is 29.5 Å². The van der Waals surface area contributed by atoms with Gasteiger partial charge >= 0.3 is 0 Å². The second-order valence-electron chi connectivity index (χ2n) is 7.17. The summed E-state index contributed by atoms with van der Waals surface area (Å²) in [6.45, 7) is 5.85. The summed E-state index contributed by atoms with van der Waals surface area (Å²) in [4.78, 5) is 7.09. The Balaban J connectivity index is 1.30. The zero-order valence-electron chi connectivity index (χ0n) is 14.8. The van der Waals surface area contributed by atoms with Gasteiger partial charge in [-0.1, -0.05) is 0 Å². The molecule has 0 atom stereocenters. The smallest absolute Gasteiger partial charge is 0.160 e. The van der Waals surface area contributed by atoms with E-state index >= 15 is 0 Å². The number of likely N-dealkylation sites (tertiary alicyclic amines) is 1. The van der Waals surface area contributed by atoms with E-state index in [4.69, 9.17) is 9.52 Å². The summed E-state index contributed by atoms with van der Waals surface area (Å²) in [6.07, 6.45) is 8.01. The Kier molecular flexibility index (Phi) is 4.10. The van der Waals surface area contributed by atoms with Crippen molar-refractivity contribution in [2.75, 3.05) is 19.6 Å². The number of furan rings is 1. The molecule has 0 bridgehead atoms. The maximum Gasteiger partial charge on any atom is 0.160 e. The number of nitrogens with one attached hydrogen (secondary N) is 1. The van der Waals surface area contributed by atoms with Crippen LogP contribution in [0.2, 0.25) is 0 Å². The Labute approximate surface area is 152 Å². The largest absolute Gasteiger partial charge is 0.468 e. The van der Waals surface area contributed by atoms with Gasteiger partial charge in [0.1, 0.15) is 11.5 Å². The van der Waals surface area contributed by atoms with Crippen LogP contribution in [0, 0.1) is 0 Å². The Morgan fingerprint density at radius 2 is 2.15 bits per heavy atom. The average molecular weight is 352 g/mol. The molecular weight excluding hydrogens is 328 g/mol. The summed E-state index contributed by atoms with van der Waals surface area (Å²) >= 11 is 0. The Bertz CT molecular complexity index is 833. The molecule has 1 N–H and O–H groups in total. The van der Waals surface area contributed by atoms with Gasteiger partial charge in [0.25, 0.3) is 0 Å². The molecule has 26 heavy (non-hydrogen) atoms. The molecule has 1 saturated heterocycles. The molecule has 0 saturated carbocycles. The molecule has 7 nitrogen and oxygen atoms in total. The topological polar surface area (TPSA) is 64.0 Å². The number of piperidine rings is 1. The van der Waals surface area contributed by atoms with Crippen LogP contribution >= 0.6 is 0 Å². The van der Waals surface area contributed by atoms with E-state index in [1.807, 2.05) is 12.3 Å². The first-order chi connectivity index (χ1) is 12.9. The summed E-state index contributed by atoms with van der Waals surface area (Å²) in [5.74, 6) is 2.04. The average Bonchev–Trinajstić information content (AvgIpc) is 3.42. The molecule has 1 fully saturated rings. The van der Waals surface area contributed by atoms with Gasteiger partial charge in [-0.25, -0.2) is 4.98 Å². The molecular formula is C19H24N6O. The standard InChI is InChI=1S/C19H24N6O/c1-2-17(26-11-1)14-23-7-3-15(4-8-23)24-9-6-21-19(24)18-12-16-13-20-5-10-25(16)22-18/h1-2,6,9,11-12,15,20H,3-5,7-8,10,13-14H2. The normalized spacial score (nSPS) is 18.9. The van der Waals surface area contributed by atoms with Gasteiger partial charge in [-0.05, 0) is 31.0 Å². The van der Waals surface area contributed by atoms with E-state index in [1.54, 1.807) is 6.26 Å². The molecule has 3 aromatic heterocycles. The Morgan fingerprint density at radius 3 is 2.96 bits per heavy atom. The van der Waals surface area contributed by atoms with E-state index in [0.29, 0.717) is 6.04 Å². The Morgan fingerprint density at radius 1 is 1.23 bits per heavy atom. The molecule has 0 aliphatic carbocycles. The van der Waals surface area contributed by atoms with E-state index in [-0.39, 0.29) is 0 Å². The fourth-order valence-corrected chi connectivity index (χ4v) is 4.09. The van der Waals surface area contributed by atoms with Crippen LogP contribution in [0.3, 0.4) is 0 Å². The zero-order chi connectivity index (χ0) is 17.3. The molecule has 0 radical (unpaired) electrons. The van der Waals surface area contributed by atoms with Crippen molar-refractivity contribution in [3.05, 3.63) is 48.3 Å². The van der Waals surface area contributed by atoms with Gasteiger partial charge in [0.2, 0.25) is 0 Å². The Hall–Kier alpha value is -2.38. The van der Waals surface area contributed by atoms with Crippen molar-refractivity contribution in [3.8, 4) is 11.5 Å². The lowest BCUT2D eigenvalue weighted by molar-refractivity contribution is 0.169. The van der Waals surface area contributed by atoms with Crippen LogP contribution in [0.15, 0.2) is 41.3 Å². The van der Waals surface area contributed by atoms with E-state index in [9.17, 15) is 0 Å². The SMILES string of the molecule is c1coc(CN2CCC(n3ccnc3-c3cc4n(n3)CCNC4)CC2)c1. The third-order valence-corrected chi connectivity index (χ3v) is 5.48. The number of fused-ring (bicyclic) bond motifs is 1. The van der Waals surface area contributed by atoms with E-state index < -0.39 is 0 Å². The number of rotatable bonds is 4. The van der Waals surface area contributed by atoms with Gasteiger partial charge in [0.05, 0.1) is 25.0 Å². The van der Waals surface area contributed by atoms with Crippen LogP contribution in [0.1, 0.15) is 30.3 Å². The third-order valence-electron chi connectivity index (χ3n) is 5.48. The van der Waals surface area contributed by atoms with Gasteiger partial charge in [-0.2, -0.15) is 5.10 Å². The minimum absolute atomic E-state index is 0.484. The monoisotopic (exact) mass is 352 g/mol. The lowest BCUT2D eigenvalue weighted by Crippen LogP contribution is -2.34. The summed E-state index contributed by atoms with van der Waals surface area (Å²) in [7, 11) is 0. The molecule has 3 aromatic rings. The number of nitrogens with zero attached hydrogens (tertiary/aromatic N) is 5. The van der Waals surface area contributed by atoms with Gasteiger partial charge in [-0.3, -0.25) is 9.58 Å². The highest BCUT2D eigenvalue weighted by Crippen LogP contribution is 2.29. The minimum atomic E-state index is 0.484. The molecule has 7 heteroatoms. The quantitative estimate of drug-likeness (QED) is 0.780. The molecule has 136 valence electrons. The third kappa shape index (κ3) is 2.97. The minimum Gasteiger partial charge on any atom is -0.468 e. The summed E-state index contributed by atoms with van der Waals surface area (Å²) in [5, 5.41) is 8.18. The predicted octanol–water partition coefficient (Wildman–Crippen LogP) is 2.28. The van der Waals surface area contributed by atoms with Gasteiger partial charge < -0.3 is 14.3 Å².